The molecule has 0 unspecified atom stereocenters. The molecule has 1 heterocycles. The van der Waals surface area contributed by atoms with Gasteiger partial charge in [0.2, 0.25) is 0 Å². The minimum atomic E-state index is -1.12. The smallest absolute Gasteiger partial charge is 0.358 e. The number of hydrogen-bond acceptors (Lipinski definition) is 4. The Morgan fingerprint density at radius 1 is 1.28 bits per heavy atom. The number of carbonyl (C=O) groups is 1. The number of benzene rings is 1. The predicted molar refractivity (Wildman–Crippen MR) is 67.8 cm³/mol. The predicted octanol–water partition coefficient (Wildman–Crippen LogP) is 2.44. The first-order valence-corrected chi connectivity index (χ1v) is 5.58. The van der Waals surface area contributed by atoms with E-state index in [2.05, 4.69) is 15.3 Å². The summed E-state index contributed by atoms with van der Waals surface area (Å²) in [6.45, 7) is 0.388. The molecule has 0 amide bonds. The van der Waals surface area contributed by atoms with Crippen molar-refractivity contribution in [2.45, 2.75) is 6.54 Å². The summed E-state index contributed by atoms with van der Waals surface area (Å²) in [7, 11) is 0. The molecule has 0 spiro atoms. The molecule has 0 fully saturated rings. The molecule has 2 N–H and O–H groups in total. The molecule has 2 aromatic rings. The molecule has 0 bridgehead atoms. The Kier molecular flexibility index (Phi) is 3.74. The number of aromatic nitrogens is 2. The topological polar surface area (TPSA) is 75.1 Å². The van der Waals surface area contributed by atoms with Crippen LogP contribution in [0.25, 0.3) is 0 Å². The number of rotatable bonds is 4. The van der Waals surface area contributed by atoms with Gasteiger partial charge in [0.15, 0.2) is 11.5 Å². The number of aromatic carboxylic acids is 1. The fourth-order valence-corrected chi connectivity index (χ4v) is 1.65. The van der Waals surface area contributed by atoms with Crippen molar-refractivity contribution in [1.29, 1.82) is 0 Å². The highest BCUT2D eigenvalue weighted by Crippen LogP contribution is 2.17. The lowest BCUT2D eigenvalue weighted by Crippen LogP contribution is -2.10. The molecule has 1 aromatic carbocycles. The summed E-state index contributed by atoms with van der Waals surface area (Å²) in [5.41, 5.74) is 0.755. The van der Waals surface area contributed by atoms with Gasteiger partial charge in [0, 0.05) is 24.0 Å². The van der Waals surface area contributed by atoms with Gasteiger partial charge in [-0.05, 0) is 11.6 Å². The zero-order valence-corrected chi connectivity index (χ0v) is 10.1. The van der Waals surface area contributed by atoms with E-state index in [1.165, 1.54) is 12.4 Å². The van der Waals surface area contributed by atoms with Crippen molar-refractivity contribution < 1.29 is 9.90 Å². The average Bonchev–Trinajstić information content (AvgIpc) is 2.38. The third-order valence-corrected chi connectivity index (χ3v) is 2.67. The Bertz CT molecular complexity index is 575. The van der Waals surface area contributed by atoms with E-state index in [4.69, 9.17) is 16.7 Å². The SMILES string of the molecule is O=C(O)c1nccnc1NCc1ccccc1Cl. The van der Waals surface area contributed by atoms with Gasteiger partial charge in [-0.1, -0.05) is 29.8 Å². The molecule has 0 saturated carbocycles. The molecular weight excluding hydrogens is 254 g/mol. The fourth-order valence-electron chi connectivity index (χ4n) is 1.44. The van der Waals surface area contributed by atoms with E-state index in [1.54, 1.807) is 6.07 Å². The number of nitrogens with one attached hydrogen (secondary N) is 1. The minimum Gasteiger partial charge on any atom is -0.476 e. The zero-order chi connectivity index (χ0) is 13.0. The maximum Gasteiger partial charge on any atom is 0.358 e. The Hall–Kier alpha value is -2.14. The molecule has 0 aliphatic heterocycles. The van der Waals surface area contributed by atoms with Crippen LogP contribution in [0.1, 0.15) is 16.1 Å². The summed E-state index contributed by atoms with van der Waals surface area (Å²) in [6.07, 6.45) is 2.77. The Morgan fingerprint density at radius 3 is 2.72 bits per heavy atom. The van der Waals surface area contributed by atoms with Crippen LogP contribution in [0, 0.1) is 0 Å². The molecule has 18 heavy (non-hydrogen) atoms. The quantitative estimate of drug-likeness (QED) is 0.886. The minimum absolute atomic E-state index is 0.107. The third-order valence-electron chi connectivity index (χ3n) is 2.30. The lowest BCUT2D eigenvalue weighted by Gasteiger charge is -2.08. The Balaban J connectivity index is 2.16. The van der Waals surface area contributed by atoms with Crippen molar-refractivity contribution in [3.05, 3.63) is 52.9 Å². The molecule has 0 saturated heterocycles. The number of carboxylic acid groups (broad SMARTS) is 1. The van der Waals surface area contributed by atoms with Crippen LogP contribution in [0.15, 0.2) is 36.7 Å². The highest BCUT2D eigenvalue weighted by molar-refractivity contribution is 6.31. The van der Waals surface area contributed by atoms with Crippen LogP contribution in [0.3, 0.4) is 0 Å². The molecule has 0 aliphatic carbocycles. The van der Waals surface area contributed by atoms with Crippen molar-refractivity contribution in [2.24, 2.45) is 0 Å². The van der Waals surface area contributed by atoms with Crippen LogP contribution in [-0.2, 0) is 6.54 Å². The third kappa shape index (κ3) is 2.75. The summed E-state index contributed by atoms with van der Waals surface area (Å²) in [5.74, 6) is -0.894. The van der Waals surface area contributed by atoms with Gasteiger partial charge in [0.05, 0.1) is 0 Å². The first-order chi connectivity index (χ1) is 8.68. The molecule has 92 valence electrons. The van der Waals surface area contributed by atoms with Crippen molar-refractivity contribution in [3.8, 4) is 0 Å². The van der Waals surface area contributed by atoms with Gasteiger partial charge in [-0.2, -0.15) is 0 Å². The van der Waals surface area contributed by atoms with Crippen LogP contribution < -0.4 is 5.32 Å². The molecule has 6 heteroatoms. The normalized spacial score (nSPS) is 10.1. The number of nitrogens with zero attached hydrogens (tertiary/aromatic N) is 2. The van der Waals surface area contributed by atoms with Gasteiger partial charge in [-0.3, -0.25) is 0 Å². The summed E-state index contributed by atoms with van der Waals surface area (Å²) in [6, 6.07) is 7.31. The Morgan fingerprint density at radius 2 is 2.00 bits per heavy atom. The Labute approximate surface area is 108 Å². The van der Waals surface area contributed by atoms with E-state index in [0.29, 0.717) is 11.6 Å². The summed E-state index contributed by atoms with van der Waals surface area (Å²) in [5, 5.41) is 12.5. The van der Waals surface area contributed by atoms with E-state index in [-0.39, 0.29) is 11.5 Å². The van der Waals surface area contributed by atoms with Gasteiger partial charge < -0.3 is 10.4 Å². The summed E-state index contributed by atoms with van der Waals surface area (Å²) >= 11 is 6.00. The van der Waals surface area contributed by atoms with Crippen molar-refractivity contribution in [2.75, 3.05) is 5.32 Å². The fraction of sp³-hybridized carbons (Fsp3) is 0.0833. The van der Waals surface area contributed by atoms with Crippen LogP contribution >= 0.6 is 11.6 Å². The number of halogens is 1. The first kappa shape index (κ1) is 12.3. The molecule has 5 nitrogen and oxygen atoms in total. The van der Waals surface area contributed by atoms with Gasteiger partial charge in [0.25, 0.3) is 0 Å². The van der Waals surface area contributed by atoms with Crippen molar-refractivity contribution in [1.82, 2.24) is 9.97 Å². The van der Waals surface area contributed by atoms with Crippen LogP contribution in [0.4, 0.5) is 5.82 Å². The maximum absolute atomic E-state index is 10.9. The second kappa shape index (κ2) is 5.46. The van der Waals surface area contributed by atoms with Crippen molar-refractivity contribution in [3.63, 3.8) is 0 Å². The van der Waals surface area contributed by atoms with E-state index < -0.39 is 5.97 Å². The second-order valence-electron chi connectivity index (χ2n) is 3.50. The number of anilines is 1. The average molecular weight is 264 g/mol. The monoisotopic (exact) mass is 263 g/mol. The highest BCUT2D eigenvalue weighted by Gasteiger charge is 2.12. The van der Waals surface area contributed by atoms with Gasteiger partial charge in [-0.25, -0.2) is 14.8 Å². The van der Waals surface area contributed by atoms with Crippen LogP contribution in [0.5, 0.6) is 0 Å². The molecule has 0 aliphatic rings. The molecule has 2 rings (SSSR count). The number of carboxylic acids is 1. The van der Waals surface area contributed by atoms with E-state index in [1.807, 2.05) is 18.2 Å². The highest BCUT2D eigenvalue weighted by atomic mass is 35.5. The number of hydrogen-bond donors (Lipinski definition) is 2. The summed E-state index contributed by atoms with van der Waals surface area (Å²) in [4.78, 5) is 18.6. The van der Waals surface area contributed by atoms with E-state index >= 15 is 0 Å². The molecule has 0 atom stereocenters. The van der Waals surface area contributed by atoms with Gasteiger partial charge in [0.1, 0.15) is 0 Å². The maximum atomic E-state index is 10.9. The molecular formula is C12H10ClN3O2. The lowest BCUT2D eigenvalue weighted by atomic mass is 10.2. The lowest BCUT2D eigenvalue weighted by molar-refractivity contribution is 0.0691. The summed E-state index contributed by atoms with van der Waals surface area (Å²) < 4.78 is 0. The second-order valence-corrected chi connectivity index (χ2v) is 3.91. The molecule has 0 radical (unpaired) electrons. The molecule has 1 aromatic heterocycles. The standard InChI is InChI=1S/C12H10ClN3O2/c13-9-4-2-1-3-8(9)7-16-11-10(12(17)18)14-5-6-15-11/h1-6H,7H2,(H,15,16)(H,17,18). The zero-order valence-electron chi connectivity index (χ0n) is 9.30. The van der Waals surface area contributed by atoms with E-state index in [9.17, 15) is 4.79 Å². The van der Waals surface area contributed by atoms with Crippen LogP contribution in [0.2, 0.25) is 5.02 Å². The largest absolute Gasteiger partial charge is 0.476 e. The van der Waals surface area contributed by atoms with Crippen molar-refractivity contribution >= 4 is 23.4 Å². The van der Waals surface area contributed by atoms with E-state index in [0.717, 1.165) is 5.56 Å². The first-order valence-electron chi connectivity index (χ1n) is 5.20. The van der Waals surface area contributed by atoms with Gasteiger partial charge in [-0.15, -0.1) is 0 Å². The van der Waals surface area contributed by atoms with Gasteiger partial charge >= 0.3 is 5.97 Å². The van der Waals surface area contributed by atoms with Crippen LogP contribution in [-0.4, -0.2) is 21.0 Å².